The van der Waals surface area contributed by atoms with Crippen LogP contribution in [0.25, 0.3) is 11.5 Å². The molecule has 6 rings (SSSR count). The molecule has 328 valence electrons. The molecule has 0 amide bonds. The molecule has 0 aliphatic carbocycles. The molecule has 6 aromatic rings. The zero-order valence-electron chi connectivity index (χ0n) is 33.1. The van der Waals surface area contributed by atoms with Crippen molar-refractivity contribution in [3.05, 3.63) is 144 Å². The van der Waals surface area contributed by atoms with Crippen LogP contribution in [0.2, 0.25) is 0 Å². The number of carboxylic acid groups (broad SMARTS) is 1. The van der Waals surface area contributed by atoms with Gasteiger partial charge < -0.3 is 38.4 Å². The third kappa shape index (κ3) is 15.9. The van der Waals surface area contributed by atoms with Crippen molar-refractivity contribution in [1.29, 1.82) is 0 Å². The van der Waals surface area contributed by atoms with E-state index in [1.807, 2.05) is 66.4 Å². The molecule has 11 nitrogen and oxygen atoms in total. The van der Waals surface area contributed by atoms with E-state index in [-0.39, 0.29) is 24.6 Å². The Morgan fingerprint density at radius 1 is 0.677 bits per heavy atom. The van der Waals surface area contributed by atoms with Crippen molar-refractivity contribution in [2.45, 2.75) is 39.2 Å². The lowest BCUT2D eigenvalue weighted by molar-refractivity contribution is -0.275. The minimum absolute atomic E-state index is 0.115. The fourth-order valence-electron chi connectivity index (χ4n) is 5.92. The number of ether oxygens (including phenoxy) is 4. The lowest BCUT2D eigenvalue weighted by Crippen LogP contribution is -2.29. The Hall–Kier alpha value is -6.43. The maximum atomic E-state index is 12.6. The molecule has 0 saturated carbocycles. The topological polar surface area (TPSA) is 120 Å². The molecule has 1 N–H and O–H groups in total. The van der Waals surface area contributed by atoms with E-state index in [9.17, 15) is 36.2 Å². The molecule has 1 aromatic heterocycles. The number of nitrogens with zero attached hydrogens (tertiary/aromatic N) is 4. The van der Waals surface area contributed by atoms with Gasteiger partial charge in [0.1, 0.15) is 29.5 Å². The van der Waals surface area contributed by atoms with Crippen LogP contribution in [0.4, 0.5) is 37.7 Å². The number of carboxylic acids is 1. The summed E-state index contributed by atoms with van der Waals surface area (Å²) in [5.74, 6) is 0.414. The van der Waals surface area contributed by atoms with E-state index in [2.05, 4.69) is 35.5 Å². The van der Waals surface area contributed by atoms with Gasteiger partial charge in [-0.1, -0.05) is 75.7 Å². The average molecular weight is 932 g/mol. The van der Waals surface area contributed by atoms with Gasteiger partial charge in [-0.3, -0.25) is 4.79 Å². The number of benzene rings is 5. The summed E-state index contributed by atoms with van der Waals surface area (Å²) < 4.78 is 99.6. The smallest absolute Gasteiger partial charge is 0.493 e. The fraction of sp³-hybridized carbons (Fsp3) is 0.250. The Morgan fingerprint density at radius 2 is 1.19 bits per heavy atom. The number of anilines is 2. The number of rotatable bonds is 19. The van der Waals surface area contributed by atoms with Crippen molar-refractivity contribution in [3.63, 3.8) is 0 Å². The second kappa shape index (κ2) is 22.4. The van der Waals surface area contributed by atoms with Crippen LogP contribution >= 0.6 is 15.9 Å². The summed E-state index contributed by atoms with van der Waals surface area (Å²) in [6, 6.07) is 35.2. The van der Waals surface area contributed by atoms with Crippen molar-refractivity contribution < 1.29 is 59.7 Å². The Kier molecular flexibility index (Phi) is 16.9. The van der Waals surface area contributed by atoms with Gasteiger partial charge in [0.15, 0.2) is 5.82 Å². The second-order valence-corrected chi connectivity index (χ2v) is 14.0. The van der Waals surface area contributed by atoms with E-state index >= 15 is 0 Å². The van der Waals surface area contributed by atoms with Gasteiger partial charge in [0, 0.05) is 60.5 Å². The first-order valence-corrected chi connectivity index (χ1v) is 20.1. The molecular formula is C44H41BrF6N4O7. The summed E-state index contributed by atoms with van der Waals surface area (Å²) in [6.07, 6.45) is -9.15. The molecule has 5 aromatic carbocycles. The quantitative estimate of drug-likeness (QED) is 0.0617. The van der Waals surface area contributed by atoms with Crippen molar-refractivity contribution in [2.75, 3.05) is 41.4 Å². The zero-order valence-corrected chi connectivity index (χ0v) is 34.7. The van der Waals surface area contributed by atoms with Crippen LogP contribution in [0, 0.1) is 0 Å². The van der Waals surface area contributed by atoms with E-state index in [0.29, 0.717) is 54.8 Å². The van der Waals surface area contributed by atoms with Gasteiger partial charge in [0.25, 0.3) is 5.89 Å². The summed E-state index contributed by atoms with van der Waals surface area (Å²) >= 11 is 3.31. The van der Waals surface area contributed by atoms with E-state index < -0.39 is 31.0 Å². The van der Waals surface area contributed by atoms with Crippen molar-refractivity contribution in [1.82, 2.24) is 10.1 Å². The predicted molar refractivity (Wildman–Crippen MR) is 223 cm³/mol. The maximum absolute atomic E-state index is 12.6. The largest absolute Gasteiger partial charge is 0.573 e. The molecule has 0 bridgehead atoms. The number of aromatic nitrogens is 2. The van der Waals surface area contributed by atoms with Crippen LogP contribution in [-0.2, 0) is 24.3 Å². The van der Waals surface area contributed by atoms with Crippen LogP contribution in [0.1, 0.15) is 23.9 Å². The number of carbonyl (C=O) groups is 1. The minimum Gasteiger partial charge on any atom is -0.493 e. The van der Waals surface area contributed by atoms with Crippen LogP contribution in [0.3, 0.4) is 0 Å². The van der Waals surface area contributed by atoms with Crippen LogP contribution in [-0.4, -0.2) is 65.6 Å². The first kappa shape index (κ1) is 46.6. The number of halogens is 7. The number of aliphatic carboxylic acids is 1. The van der Waals surface area contributed by atoms with Gasteiger partial charge in [0.2, 0.25) is 0 Å². The third-order valence-electron chi connectivity index (χ3n) is 8.51. The first-order valence-electron chi connectivity index (χ1n) is 19.0. The van der Waals surface area contributed by atoms with Gasteiger partial charge in [-0.05, 0) is 78.7 Å². The fourth-order valence-corrected chi connectivity index (χ4v) is 6.08. The van der Waals surface area contributed by atoms with Gasteiger partial charge in [-0.15, -0.1) is 26.3 Å². The summed E-state index contributed by atoms with van der Waals surface area (Å²) in [4.78, 5) is 19.2. The Bertz CT molecular complexity index is 2310. The highest BCUT2D eigenvalue weighted by Crippen LogP contribution is 2.30. The molecule has 0 atom stereocenters. The molecule has 62 heavy (non-hydrogen) atoms. The molecule has 0 aliphatic heterocycles. The van der Waals surface area contributed by atoms with Crippen molar-refractivity contribution >= 4 is 33.3 Å². The Balaban J connectivity index is 0.000000253. The molecule has 0 spiro atoms. The van der Waals surface area contributed by atoms with E-state index in [0.717, 1.165) is 34.3 Å². The van der Waals surface area contributed by atoms with Crippen LogP contribution in [0.15, 0.2) is 132 Å². The molecule has 0 saturated heterocycles. The SMILES string of the molecule is CCN(Cc1cccc(OCCBr)c1)c1cccc(OC(F)(F)F)c1.O=C(O)CN(Cc1cccc(OCCc2noc(-c3ccccc3)n2)c1)c1cccc(OC(F)(F)F)c1. The second-order valence-electron chi connectivity index (χ2n) is 13.2. The van der Waals surface area contributed by atoms with E-state index in [1.54, 1.807) is 36.4 Å². The van der Waals surface area contributed by atoms with Gasteiger partial charge in [0.05, 0.1) is 13.2 Å². The lowest BCUT2D eigenvalue weighted by atomic mass is 10.1. The summed E-state index contributed by atoms with van der Waals surface area (Å²) in [6.45, 7) is 3.67. The molecule has 18 heteroatoms. The lowest BCUT2D eigenvalue weighted by Gasteiger charge is -2.24. The van der Waals surface area contributed by atoms with Gasteiger partial charge in [-0.2, -0.15) is 4.98 Å². The molecule has 0 radical (unpaired) electrons. The van der Waals surface area contributed by atoms with Gasteiger partial charge >= 0.3 is 18.7 Å². The predicted octanol–water partition coefficient (Wildman–Crippen LogP) is 10.7. The van der Waals surface area contributed by atoms with Crippen molar-refractivity contribution in [2.24, 2.45) is 0 Å². The molecule has 0 fully saturated rings. The molecular weight excluding hydrogens is 890 g/mol. The number of hydrogen-bond acceptors (Lipinski definition) is 10. The van der Waals surface area contributed by atoms with Crippen LogP contribution in [0.5, 0.6) is 23.0 Å². The van der Waals surface area contributed by atoms with E-state index in [4.69, 9.17) is 14.0 Å². The van der Waals surface area contributed by atoms with Crippen molar-refractivity contribution in [3.8, 4) is 34.5 Å². The molecule has 0 aliphatic rings. The highest BCUT2D eigenvalue weighted by Gasteiger charge is 2.32. The molecule has 0 unspecified atom stereocenters. The summed E-state index contributed by atoms with van der Waals surface area (Å²) in [5, 5.41) is 14.0. The monoisotopic (exact) mass is 930 g/mol. The van der Waals surface area contributed by atoms with E-state index in [1.165, 1.54) is 29.2 Å². The standard InChI is InChI=1S/C26H22F3N3O5.C18H19BrF3NO2/c27-26(28,29)36-22-11-5-9-20(15-22)32(17-24(33)34)16-18-6-4-10-21(14-18)35-13-12-23-30-25(37-31-23)19-7-2-1-3-8-19;1-2-23(13-14-5-3-7-16(11-14)24-10-9-19)15-6-4-8-17(12-15)25-18(20,21)22/h1-11,14-15H,12-13,16-17H2,(H,33,34);3-8,11-12H,2,9-10,13H2,1H3. The zero-order chi connectivity index (χ0) is 44.5. The third-order valence-corrected chi connectivity index (χ3v) is 8.84. The van der Waals surface area contributed by atoms with Gasteiger partial charge in [-0.25, -0.2) is 0 Å². The number of alkyl halides is 7. The first-order chi connectivity index (χ1) is 29.7. The maximum Gasteiger partial charge on any atom is 0.573 e. The normalized spacial score (nSPS) is 11.2. The highest BCUT2D eigenvalue weighted by molar-refractivity contribution is 9.09. The van der Waals surface area contributed by atoms with Crippen LogP contribution < -0.4 is 28.7 Å². The Labute approximate surface area is 361 Å². The Morgan fingerprint density at radius 3 is 1.73 bits per heavy atom. The number of hydrogen-bond donors (Lipinski definition) is 1. The minimum atomic E-state index is -4.85. The highest BCUT2D eigenvalue weighted by atomic mass is 79.9. The summed E-state index contributed by atoms with van der Waals surface area (Å²) in [7, 11) is 0. The summed E-state index contributed by atoms with van der Waals surface area (Å²) in [5.41, 5.74) is 3.46. The average Bonchev–Trinajstić information content (AvgIpc) is 3.70. The molecule has 1 heterocycles.